The molecule has 0 saturated heterocycles. The number of carbonyl (C=O) groups is 2. The van der Waals surface area contributed by atoms with E-state index in [1.54, 1.807) is 0 Å². The molecule has 1 rings (SSSR count). The fourth-order valence-corrected chi connectivity index (χ4v) is 1.72. The van der Waals surface area contributed by atoms with Crippen molar-refractivity contribution in [3.8, 4) is 0 Å². The molecule has 1 aromatic rings. The monoisotopic (exact) mass is 366 g/mol. The average molecular weight is 367 g/mol. The maximum Gasteiger partial charge on any atom is 0.416 e. The Balaban J connectivity index is 3.00. The fraction of sp³-hybridized carbons (Fsp3) is 0.357. The Morgan fingerprint density at radius 2 is 1.88 bits per heavy atom. The molecule has 0 unspecified atom stereocenters. The van der Waals surface area contributed by atoms with Gasteiger partial charge in [0.05, 0.1) is 36.9 Å². The van der Waals surface area contributed by atoms with Crippen LogP contribution >= 0.6 is 11.6 Å². The zero-order valence-corrected chi connectivity index (χ0v) is 13.5. The lowest BCUT2D eigenvalue weighted by atomic mass is 10.2. The van der Waals surface area contributed by atoms with Crippen molar-refractivity contribution in [2.45, 2.75) is 19.0 Å². The Kier molecular flexibility index (Phi) is 7.02. The Labute approximate surface area is 140 Å². The summed E-state index contributed by atoms with van der Waals surface area (Å²) in [5.41, 5.74) is 1.01. The fourth-order valence-electron chi connectivity index (χ4n) is 1.56. The van der Waals surface area contributed by atoms with Crippen LogP contribution in [0, 0.1) is 0 Å². The number of ether oxygens (including phenoxy) is 2. The van der Waals surface area contributed by atoms with Gasteiger partial charge < -0.3 is 9.47 Å². The summed E-state index contributed by atoms with van der Waals surface area (Å²) < 4.78 is 47.0. The highest BCUT2D eigenvalue weighted by Crippen LogP contribution is 2.33. The van der Waals surface area contributed by atoms with Crippen LogP contribution in [-0.2, 0) is 25.2 Å². The van der Waals surface area contributed by atoms with Crippen molar-refractivity contribution in [2.24, 2.45) is 5.10 Å². The number of benzene rings is 1. The van der Waals surface area contributed by atoms with Crippen molar-refractivity contribution in [3.05, 3.63) is 28.8 Å². The molecule has 132 valence electrons. The highest BCUT2D eigenvalue weighted by atomic mass is 35.5. The number of methoxy groups -OCH3 is 2. The smallest absolute Gasteiger partial charge is 0.416 e. The molecule has 6 nitrogen and oxygen atoms in total. The minimum absolute atomic E-state index is 0.0241. The van der Waals surface area contributed by atoms with Crippen LogP contribution in [0.1, 0.15) is 18.4 Å². The van der Waals surface area contributed by atoms with Crippen LogP contribution in [0.4, 0.5) is 18.9 Å². The topological polar surface area (TPSA) is 77.0 Å². The molecule has 1 N–H and O–H groups in total. The van der Waals surface area contributed by atoms with Gasteiger partial charge in [-0.1, -0.05) is 11.6 Å². The summed E-state index contributed by atoms with van der Waals surface area (Å²) in [6.45, 7) is 0. The third-order valence-electron chi connectivity index (χ3n) is 2.82. The highest BCUT2D eigenvalue weighted by Gasteiger charge is 2.31. The van der Waals surface area contributed by atoms with Crippen LogP contribution in [0.25, 0.3) is 0 Å². The highest BCUT2D eigenvalue weighted by molar-refractivity contribution is 6.37. The molecule has 0 bridgehead atoms. The first-order valence-corrected chi connectivity index (χ1v) is 6.91. The lowest BCUT2D eigenvalue weighted by molar-refractivity contribution is -0.140. The predicted molar refractivity (Wildman–Crippen MR) is 80.8 cm³/mol. The van der Waals surface area contributed by atoms with E-state index < -0.39 is 23.7 Å². The summed E-state index contributed by atoms with van der Waals surface area (Å²) in [4.78, 5) is 22.7. The van der Waals surface area contributed by atoms with E-state index in [0.29, 0.717) is 0 Å². The predicted octanol–water partition coefficient (Wildman–Crippen LogP) is 3.25. The molecule has 0 aliphatic heterocycles. The number of esters is 2. The second-order valence-electron chi connectivity index (χ2n) is 4.43. The maximum atomic E-state index is 12.7. The third-order valence-corrected chi connectivity index (χ3v) is 3.15. The molecule has 24 heavy (non-hydrogen) atoms. The number of hydrogen-bond donors (Lipinski definition) is 1. The summed E-state index contributed by atoms with van der Waals surface area (Å²) in [7, 11) is 2.28. The maximum absolute atomic E-state index is 12.7. The number of alkyl halides is 3. The molecular weight excluding hydrogens is 353 g/mol. The molecule has 1 aromatic carbocycles. The molecule has 0 aliphatic rings. The summed E-state index contributed by atoms with van der Waals surface area (Å²) in [6, 6.07) is 2.62. The van der Waals surface area contributed by atoms with Gasteiger partial charge in [0.1, 0.15) is 5.71 Å². The zero-order chi connectivity index (χ0) is 18.3. The SMILES string of the molecule is COC(=O)CC/C(=N/Nc1cc(C(F)(F)F)ccc1Cl)C(=O)OC. The molecule has 0 amide bonds. The van der Waals surface area contributed by atoms with Gasteiger partial charge in [-0.3, -0.25) is 10.2 Å². The normalized spacial score (nSPS) is 11.8. The standard InChI is InChI=1S/C14H14ClF3N2O4/c1-23-12(21)6-5-10(13(22)24-2)19-20-11-7-8(14(16,17)18)3-4-9(11)15/h3-4,7,20H,5-6H2,1-2H3/b19-10-. The molecule has 0 radical (unpaired) electrons. The molecule has 0 aliphatic carbocycles. The molecule has 0 fully saturated rings. The lowest BCUT2D eigenvalue weighted by Gasteiger charge is -2.11. The van der Waals surface area contributed by atoms with Crippen LogP contribution in [0.5, 0.6) is 0 Å². The minimum Gasteiger partial charge on any atom is -0.469 e. The van der Waals surface area contributed by atoms with E-state index in [0.717, 1.165) is 25.3 Å². The van der Waals surface area contributed by atoms with E-state index in [1.165, 1.54) is 7.11 Å². The molecule has 10 heteroatoms. The second kappa shape index (κ2) is 8.53. The minimum atomic E-state index is -4.55. The van der Waals surface area contributed by atoms with Crippen molar-refractivity contribution in [1.82, 2.24) is 0 Å². The molecule has 0 heterocycles. The number of hydrazone groups is 1. The van der Waals surface area contributed by atoms with E-state index in [2.05, 4.69) is 20.0 Å². The molecule has 0 atom stereocenters. The van der Waals surface area contributed by atoms with Gasteiger partial charge in [-0.15, -0.1) is 0 Å². The van der Waals surface area contributed by atoms with E-state index in [1.807, 2.05) is 0 Å². The van der Waals surface area contributed by atoms with Gasteiger partial charge in [0.2, 0.25) is 0 Å². The molecule has 0 saturated carbocycles. The van der Waals surface area contributed by atoms with Crippen LogP contribution < -0.4 is 5.43 Å². The Hall–Kier alpha value is -2.29. The quantitative estimate of drug-likeness (QED) is 0.475. The number of nitrogens with one attached hydrogen (secondary N) is 1. The number of rotatable bonds is 6. The van der Waals surface area contributed by atoms with Crippen LogP contribution in [0.3, 0.4) is 0 Å². The van der Waals surface area contributed by atoms with E-state index in [4.69, 9.17) is 11.6 Å². The van der Waals surface area contributed by atoms with E-state index in [9.17, 15) is 22.8 Å². The number of nitrogens with zero attached hydrogens (tertiary/aromatic N) is 1. The Bertz CT molecular complexity index is 647. The lowest BCUT2D eigenvalue weighted by Crippen LogP contribution is -2.19. The number of anilines is 1. The number of hydrogen-bond acceptors (Lipinski definition) is 6. The molecule has 0 aromatic heterocycles. The first-order valence-electron chi connectivity index (χ1n) is 6.53. The average Bonchev–Trinajstić information content (AvgIpc) is 2.54. The molecular formula is C14H14ClF3N2O4. The van der Waals surface area contributed by atoms with E-state index in [-0.39, 0.29) is 29.3 Å². The third kappa shape index (κ3) is 5.73. The van der Waals surface area contributed by atoms with Crippen molar-refractivity contribution < 1.29 is 32.2 Å². The number of carbonyl (C=O) groups excluding carboxylic acids is 2. The summed E-state index contributed by atoms with van der Waals surface area (Å²) in [5.74, 6) is -1.42. The van der Waals surface area contributed by atoms with Crippen molar-refractivity contribution in [2.75, 3.05) is 19.6 Å². The van der Waals surface area contributed by atoms with Gasteiger partial charge in [-0.05, 0) is 18.2 Å². The first kappa shape index (κ1) is 19.8. The largest absolute Gasteiger partial charge is 0.469 e. The zero-order valence-electron chi connectivity index (χ0n) is 12.7. The molecule has 0 spiro atoms. The van der Waals surface area contributed by atoms with Gasteiger partial charge in [-0.25, -0.2) is 4.79 Å². The van der Waals surface area contributed by atoms with Gasteiger partial charge >= 0.3 is 18.1 Å². The number of halogens is 4. The van der Waals surface area contributed by atoms with Crippen LogP contribution in [0.2, 0.25) is 5.02 Å². The summed E-state index contributed by atoms with van der Waals surface area (Å²) in [6.07, 6.45) is -4.83. The van der Waals surface area contributed by atoms with Crippen LogP contribution in [0.15, 0.2) is 23.3 Å². The first-order chi connectivity index (χ1) is 11.2. The summed E-state index contributed by atoms with van der Waals surface area (Å²) in [5, 5.41) is 3.66. The van der Waals surface area contributed by atoms with E-state index >= 15 is 0 Å². The van der Waals surface area contributed by atoms with Crippen molar-refractivity contribution in [1.29, 1.82) is 0 Å². The van der Waals surface area contributed by atoms with Crippen molar-refractivity contribution in [3.63, 3.8) is 0 Å². The van der Waals surface area contributed by atoms with Gasteiger partial charge in [-0.2, -0.15) is 18.3 Å². The Morgan fingerprint density at radius 3 is 2.42 bits per heavy atom. The Morgan fingerprint density at radius 1 is 1.21 bits per heavy atom. The van der Waals surface area contributed by atoms with Crippen LogP contribution in [-0.4, -0.2) is 31.9 Å². The second-order valence-corrected chi connectivity index (χ2v) is 4.84. The van der Waals surface area contributed by atoms with Crippen molar-refractivity contribution >= 4 is 34.9 Å². The summed E-state index contributed by atoms with van der Waals surface area (Å²) >= 11 is 5.80. The van der Waals surface area contributed by atoms with Gasteiger partial charge in [0.25, 0.3) is 0 Å². The van der Waals surface area contributed by atoms with Gasteiger partial charge in [0, 0.05) is 6.42 Å². The van der Waals surface area contributed by atoms with Gasteiger partial charge in [0.15, 0.2) is 0 Å².